The summed E-state index contributed by atoms with van der Waals surface area (Å²) in [4.78, 5) is 8.14. The summed E-state index contributed by atoms with van der Waals surface area (Å²) < 4.78 is 19.0. The molecule has 3 nitrogen and oxygen atoms in total. The van der Waals surface area contributed by atoms with Gasteiger partial charge in [0.2, 0.25) is 5.88 Å². The summed E-state index contributed by atoms with van der Waals surface area (Å²) in [5, 5.41) is 0.804. The van der Waals surface area contributed by atoms with Crippen LogP contribution in [0, 0.1) is 5.82 Å². The smallest absolute Gasteiger partial charge is 0.224 e. The van der Waals surface area contributed by atoms with Gasteiger partial charge in [0.05, 0.1) is 4.47 Å². The van der Waals surface area contributed by atoms with Crippen molar-refractivity contribution in [1.29, 1.82) is 0 Å². The first-order chi connectivity index (χ1) is 8.58. The van der Waals surface area contributed by atoms with Gasteiger partial charge in [0.1, 0.15) is 16.7 Å². The molecule has 94 valence electrons. The first-order valence-corrected chi connectivity index (χ1v) is 7.19. The van der Waals surface area contributed by atoms with E-state index in [-0.39, 0.29) is 5.82 Å². The highest BCUT2D eigenvalue weighted by atomic mass is 79.9. The molecular weight excluding hydrogens is 343 g/mol. The van der Waals surface area contributed by atoms with Crippen molar-refractivity contribution in [3.8, 4) is 11.6 Å². The van der Waals surface area contributed by atoms with Crippen LogP contribution in [0.1, 0.15) is 0 Å². The van der Waals surface area contributed by atoms with Crippen molar-refractivity contribution in [2.75, 3.05) is 6.26 Å². The molecule has 7 heteroatoms. The quantitative estimate of drug-likeness (QED) is 0.463. The fourth-order valence-corrected chi connectivity index (χ4v) is 2.22. The minimum Gasteiger partial charge on any atom is -0.438 e. The van der Waals surface area contributed by atoms with Crippen molar-refractivity contribution in [1.82, 2.24) is 9.97 Å². The maximum atomic E-state index is 12.9. The Hall–Kier alpha value is -0.850. The summed E-state index contributed by atoms with van der Waals surface area (Å²) in [7, 11) is 0. The summed E-state index contributed by atoms with van der Waals surface area (Å²) in [5.74, 6) is 0.421. The molecule has 0 N–H and O–H groups in total. The van der Waals surface area contributed by atoms with Crippen LogP contribution in [0.25, 0.3) is 0 Å². The molecule has 0 aliphatic rings. The van der Waals surface area contributed by atoms with Gasteiger partial charge in [-0.3, -0.25) is 0 Å². The van der Waals surface area contributed by atoms with Gasteiger partial charge in [-0.2, -0.15) is 4.98 Å². The lowest BCUT2D eigenvalue weighted by Gasteiger charge is -2.07. The van der Waals surface area contributed by atoms with Gasteiger partial charge in [-0.25, -0.2) is 9.37 Å². The zero-order chi connectivity index (χ0) is 13.1. The molecular formula is C11H7BrClFN2OS. The number of hydrogen-bond donors (Lipinski definition) is 0. The summed E-state index contributed by atoms with van der Waals surface area (Å²) in [6.45, 7) is 0. The topological polar surface area (TPSA) is 35.0 Å². The van der Waals surface area contributed by atoms with Crippen LogP contribution in [-0.4, -0.2) is 16.2 Å². The van der Waals surface area contributed by atoms with Crippen LogP contribution in [0.2, 0.25) is 5.15 Å². The molecule has 0 bridgehead atoms. The summed E-state index contributed by atoms with van der Waals surface area (Å²) in [6.07, 6.45) is 1.84. The van der Waals surface area contributed by atoms with E-state index in [1.807, 2.05) is 6.26 Å². The second kappa shape index (κ2) is 5.86. The molecule has 2 aromatic rings. The molecule has 18 heavy (non-hydrogen) atoms. The molecule has 0 spiro atoms. The first kappa shape index (κ1) is 13.6. The summed E-state index contributed by atoms with van der Waals surface area (Å²) in [5.41, 5.74) is 0. The zero-order valence-electron chi connectivity index (χ0n) is 9.15. The highest BCUT2D eigenvalue weighted by molar-refractivity contribution is 9.10. The van der Waals surface area contributed by atoms with E-state index < -0.39 is 0 Å². The number of hydrogen-bond acceptors (Lipinski definition) is 4. The molecule has 0 saturated carbocycles. The van der Waals surface area contributed by atoms with E-state index in [9.17, 15) is 4.39 Å². The normalized spacial score (nSPS) is 10.4. The van der Waals surface area contributed by atoms with Gasteiger partial charge in [-0.1, -0.05) is 23.4 Å². The SMILES string of the molecule is CSc1nc(Cl)cc(Oc2ccc(F)cc2Br)n1. The fraction of sp³-hybridized carbons (Fsp3) is 0.0909. The molecule has 1 aromatic heterocycles. The molecule has 0 atom stereocenters. The van der Waals surface area contributed by atoms with Gasteiger partial charge in [0.15, 0.2) is 5.16 Å². The van der Waals surface area contributed by atoms with Crippen molar-refractivity contribution < 1.29 is 9.13 Å². The lowest BCUT2D eigenvalue weighted by atomic mass is 10.3. The first-order valence-electron chi connectivity index (χ1n) is 4.80. The van der Waals surface area contributed by atoms with E-state index in [1.54, 1.807) is 0 Å². The number of ether oxygens (including phenoxy) is 1. The summed E-state index contributed by atoms with van der Waals surface area (Å²) >= 11 is 10.4. The highest BCUT2D eigenvalue weighted by Gasteiger charge is 2.08. The Bertz CT molecular complexity index is 585. The van der Waals surface area contributed by atoms with Gasteiger partial charge in [-0.15, -0.1) is 0 Å². The van der Waals surface area contributed by atoms with Gasteiger partial charge in [-0.05, 0) is 40.4 Å². The zero-order valence-corrected chi connectivity index (χ0v) is 12.3. The number of halogens is 3. The van der Waals surface area contributed by atoms with E-state index in [0.29, 0.717) is 26.4 Å². The van der Waals surface area contributed by atoms with Crippen molar-refractivity contribution in [3.63, 3.8) is 0 Å². The van der Waals surface area contributed by atoms with Gasteiger partial charge < -0.3 is 4.74 Å². The monoisotopic (exact) mass is 348 g/mol. The maximum absolute atomic E-state index is 12.9. The molecule has 0 saturated heterocycles. The largest absolute Gasteiger partial charge is 0.438 e. The number of rotatable bonds is 3. The van der Waals surface area contributed by atoms with E-state index in [4.69, 9.17) is 16.3 Å². The molecule has 1 aromatic carbocycles. The molecule has 0 aliphatic carbocycles. The van der Waals surface area contributed by atoms with Crippen LogP contribution >= 0.6 is 39.3 Å². The Kier molecular flexibility index (Phi) is 4.42. The third kappa shape index (κ3) is 3.34. The molecule has 0 fully saturated rings. The highest BCUT2D eigenvalue weighted by Crippen LogP contribution is 2.30. The number of nitrogens with zero attached hydrogens (tertiary/aromatic N) is 2. The van der Waals surface area contributed by atoms with Crippen molar-refractivity contribution in [2.24, 2.45) is 0 Å². The number of benzene rings is 1. The Morgan fingerprint density at radius 1 is 1.33 bits per heavy atom. The van der Waals surface area contributed by atoms with Crippen LogP contribution in [0.3, 0.4) is 0 Å². The van der Waals surface area contributed by atoms with Crippen LogP contribution < -0.4 is 4.74 Å². The third-order valence-corrected chi connectivity index (χ3v) is 3.30. The third-order valence-electron chi connectivity index (χ3n) is 1.94. The lowest BCUT2D eigenvalue weighted by Crippen LogP contribution is -1.93. The van der Waals surface area contributed by atoms with E-state index in [0.717, 1.165) is 0 Å². The predicted molar refractivity (Wildman–Crippen MR) is 73.0 cm³/mol. The Morgan fingerprint density at radius 2 is 2.11 bits per heavy atom. The predicted octanol–water partition coefficient (Wildman–Crippen LogP) is 4.55. The standard InChI is InChI=1S/C11H7BrClFN2OS/c1-18-11-15-9(13)5-10(16-11)17-8-3-2-6(14)4-7(8)12/h2-5H,1H3. The minimum absolute atomic E-state index is 0.294. The van der Waals surface area contributed by atoms with Crippen LogP contribution in [-0.2, 0) is 0 Å². The Morgan fingerprint density at radius 3 is 2.78 bits per heavy atom. The summed E-state index contributed by atoms with van der Waals surface area (Å²) in [6, 6.07) is 5.62. The van der Waals surface area contributed by atoms with E-state index in [1.165, 1.54) is 36.0 Å². The average molecular weight is 350 g/mol. The molecule has 0 amide bonds. The van der Waals surface area contributed by atoms with Gasteiger partial charge in [0, 0.05) is 6.07 Å². The molecule has 0 aliphatic heterocycles. The average Bonchev–Trinajstić information content (AvgIpc) is 2.32. The van der Waals surface area contributed by atoms with Crippen LogP contribution in [0.4, 0.5) is 4.39 Å². The van der Waals surface area contributed by atoms with E-state index >= 15 is 0 Å². The second-order valence-electron chi connectivity index (χ2n) is 3.19. The molecule has 1 heterocycles. The Balaban J connectivity index is 2.30. The molecule has 0 radical (unpaired) electrons. The van der Waals surface area contributed by atoms with E-state index in [2.05, 4.69) is 25.9 Å². The second-order valence-corrected chi connectivity index (χ2v) is 5.21. The Labute approximate surface area is 121 Å². The van der Waals surface area contributed by atoms with Crippen molar-refractivity contribution in [3.05, 3.63) is 39.7 Å². The van der Waals surface area contributed by atoms with Crippen molar-refractivity contribution in [2.45, 2.75) is 5.16 Å². The van der Waals surface area contributed by atoms with Crippen molar-refractivity contribution >= 4 is 39.3 Å². The lowest BCUT2D eigenvalue weighted by molar-refractivity contribution is 0.451. The van der Waals surface area contributed by atoms with Crippen LogP contribution in [0.5, 0.6) is 11.6 Å². The number of thioether (sulfide) groups is 1. The van der Waals surface area contributed by atoms with Gasteiger partial charge >= 0.3 is 0 Å². The molecule has 2 rings (SSSR count). The maximum Gasteiger partial charge on any atom is 0.224 e. The van der Waals surface area contributed by atoms with Crippen LogP contribution in [0.15, 0.2) is 33.9 Å². The molecule has 0 unspecified atom stereocenters. The number of aromatic nitrogens is 2. The van der Waals surface area contributed by atoms with Gasteiger partial charge in [0.25, 0.3) is 0 Å². The fourth-order valence-electron chi connectivity index (χ4n) is 1.19. The minimum atomic E-state index is -0.347.